The van der Waals surface area contributed by atoms with Crippen LogP contribution in [0.5, 0.6) is 0 Å². The van der Waals surface area contributed by atoms with Crippen molar-refractivity contribution in [1.29, 1.82) is 0 Å². The van der Waals surface area contributed by atoms with E-state index in [1.807, 2.05) is 84.9 Å². The summed E-state index contributed by atoms with van der Waals surface area (Å²) in [7, 11) is 0. The third kappa shape index (κ3) is 7.66. The lowest BCUT2D eigenvalue weighted by Gasteiger charge is -2.25. The van der Waals surface area contributed by atoms with Crippen molar-refractivity contribution in [3.63, 3.8) is 0 Å². The van der Waals surface area contributed by atoms with E-state index >= 15 is 0 Å². The molecule has 0 saturated carbocycles. The Bertz CT molecular complexity index is 1340. The fourth-order valence-corrected chi connectivity index (χ4v) is 5.92. The predicted molar refractivity (Wildman–Crippen MR) is 154 cm³/mol. The maximum atomic E-state index is 13.7. The van der Waals surface area contributed by atoms with E-state index in [1.54, 1.807) is 0 Å². The number of rotatable bonds is 10. The average molecular weight is 576 g/mol. The van der Waals surface area contributed by atoms with Gasteiger partial charge < -0.3 is 30.5 Å². The van der Waals surface area contributed by atoms with Crippen LogP contribution in [0.2, 0.25) is 0 Å². The number of nitrogens with one attached hydrogen (secondary N) is 3. The van der Waals surface area contributed by atoms with Crippen molar-refractivity contribution >= 4 is 29.7 Å². The van der Waals surface area contributed by atoms with Gasteiger partial charge in [0.15, 0.2) is 5.37 Å². The molecule has 0 bridgehead atoms. The van der Waals surface area contributed by atoms with E-state index in [-0.39, 0.29) is 12.5 Å². The molecule has 9 nitrogen and oxygen atoms in total. The summed E-state index contributed by atoms with van der Waals surface area (Å²) in [5.74, 6) is -0.999. The third-order valence-corrected chi connectivity index (χ3v) is 8.18. The maximum Gasteiger partial charge on any atom is 0.408 e. The number of ether oxygens (including phenoxy) is 2. The van der Waals surface area contributed by atoms with Crippen LogP contribution in [0.4, 0.5) is 4.79 Å². The summed E-state index contributed by atoms with van der Waals surface area (Å²) >= 11 is 1.17. The number of carbonyl (C=O) groups is 3. The van der Waals surface area contributed by atoms with Gasteiger partial charge in [0, 0.05) is 24.2 Å². The van der Waals surface area contributed by atoms with Crippen LogP contribution in [0, 0.1) is 0 Å². The zero-order valence-corrected chi connectivity index (χ0v) is 23.2. The summed E-state index contributed by atoms with van der Waals surface area (Å²) in [5.41, 5.74) is 2.66. The van der Waals surface area contributed by atoms with Gasteiger partial charge in [-0.1, -0.05) is 84.6 Å². The van der Waals surface area contributed by atoms with Gasteiger partial charge in [-0.3, -0.25) is 9.59 Å². The first-order valence-electron chi connectivity index (χ1n) is 13.6. The summed E-state index contributed by atoms with van der Waals surface area (Å²) < 4.78 is 10.7. The highest BCUT2D eigenvalue weighted by atomic mass is 32.2. The monoisotopic (exact) mass is 575 g/mol. The smallest absolute Gasteiger partial charge is 0.408 e. The first-order chi connectivity index (χ1) is 20.0. The van der Waals surface area contributed by atoms with Crippen molar-refractivity contribution in [2.24, 2.45) is 0 Å². The van der Waals surface area contributed by atoms with Gasteiger partial charge in [0.1, 0.15) is 12.1 Å². The molecule has 1 aliphatic carbocycles. The number of hydrogen-bond acceptors (Lipinski definition) is 7. The highest BCUT2D eigenvalue weighted by molar-refractivity contribution is 8.00. The highest BCUT2D eigenvalue weighted by Gasteiger charge is 2.35. The number of alkyl carbamates (subject to hydrolysis) is 1. The normalized spacial score (nSPS) is 20.9. The van der Waals surface area contributed by atoms with Crippen LogP contribution in [0.25, 0.3) is 0 Å². The Kier molecular flexibility index (Phi) is 9.55. The van der Waals surface area contributed by atoms with Crippen LogP contribution in [-0.2, 0) is 31.9 Å². The molecule has 1 saturated heterocycles. The molecular formula is C31H33N3O6S. The molecule has 10 heteroatoms. The van der Waals surface area contributed by atoms with E-state index in [0.29, 0.717) is 26.1 Å². The van der Waals surface area contributed by atoms with E-state index in [1.165, 1.54) is 11.8 Å². The van der Waals surface area contributed by atoms with Crippen molar-refractivity contribution in [3.05, 3.63) is 102 Å². The van der Waals surface area contributed by atoms with E-state index in [9.17, 15) is 19.5 Å². The molecule has 214 valence electrons. The topological polar surface area (TPSA) is 126 Å². The minimum Gasteiger partial charge on any atom is -0.444 e. The Hall–Kier alpha value is -3.86. The van der Waals surface area contributed by atoms with Crippen LogP contribution in [0.3, 0.4) is 0 Å². The number of amides is 3. The Morgan fingerprint density at radius 2 is 1.63 bits per heavy atom. The molecule has 0 radical (unpaired) electrons. The molecule has 41 heavy (non-hydrogen) atoms. The van der Waals surface area contributed by atoms with Gasteiger partial charge in [-0.15, -0.1) is 0 Å². The van der Waals surface area contributed by atoms with Gasteiger partial charge in [-0.05, 0) is 28.8 Å². The van der Waals surface area contributed by atoms with Gasteiger partial charge in [0.05, 0.1) is 25.4 Å². The summed E-state index contributed by atoms with van der Waals surface area (Å²) in [5, 5.41) is 18.1. The number of aliphatic hydroxyl groups is 1. The van der Waals surface area contributed by atoms with E-state index < -0.39 is 41.5 Å². The lowest BCUT2D eigenvalue weighted by Crippen LogP contribution is -2.54. The Morgan fingerprint density at radius 1 is 0.927 bits per heavy atom. The minimum atomic E-state index is -1.04. The second-order valence-electron chi connectivity index (χ2n) is 10.1. The zero-order chi connectivity index (χ0) is 28.6. The van der Waals surface area contributed by atoms with Crippen LogP contribution in [-0.4, -0.2) is 59.9 Å². The fraction of sp³-hybridized carbons (Fsp3) is 0.323. The van der Waals surface area contributed by atoms with Crippen molar-refractivity contribution in [1.82, 2.24) is 16.0 Å². The van der Waals surface area contributed by atoms with Crippen molar-refractivity contribution in [2.75, 3.05) is 13.2 Å². The van der Waals surface area contributed by atoms with Crippen molar-refractivity contribution < 1.29 is 29.0 Å². The van der Waals surface area contributed by atoms with Gasteiger partial charge in [0.2, 0.25) is 5.91 Å². The molecular weight excluding hydrogens is 542 g/mol. The lowest BCUT2D eigenvalue weighted by molar-refractivity contribution is -0.128. The summed E-state index contributed by atoms with van der Waals surface area (Å²) in [6.45, 7) is 0.828. The van der Waals surface area contributed by atoms with Crippen molar-refractivity contribution in [3.8, 4) is 0 Å². The maximum absolute atomic E-state index is 13.7. The first-order valence-corrected chi connectivity index (χ1v) is 14.5. The van der Waals surface area contributed by atoms with Crippen LogP contribution in [0.15, 0.2) is 89.8 Å². The van der Waals surface area contributed by atoms with Gasteiger partial charge >= 0.3 is 6.09 Å². The summed E-state index contributed by atoms with van der Waals surface area (Å²) in [4.78, 5) is 40.8. The predicted octanol–water partition coefficient (Wildman–Crippen LogP) is 3.12. The standard InChI is InChI=1S/C31H33N3O6S/c35-26-18-21-11-7-8-14-24(21)27(26)33-29(37)30(41-23-12-5-2-6-13-23)34-28(36)25(17-20-9-3-1-4-10-20)32-31(38)40-22-15-16-39-19-22/h1-14,22,25-27,30,35H,15-19H2,(H,32,38)(H,33,37)(H,34,36)/t22-,25-,26+,27-,30-/m0/s1. The number of hydrogen-bond donors (Lipinski definition) is 4. The third-order valence-electron chi connectivity index (χ3n) is 7.06. The van der Waals surface area contributed by atoms with Crippen LogP contribution < -0.4 is 16.0 Å². The molecule has 5 rings (SSSR count). The molecule has 1 fully saturated rings. The molecule has 0 unspecified atom stereocenters. The molecule has 1 heterocycles. The van der Waals surface area contributed by atoms with Crippen molar-refractivity contribution in [2.45, 2.75) is 53.8 Å². The van der Waals surface area contributed by atoms with Gasteiger partial charge in [0.25, 0.3) is 5.91 Å². The summed E-state index contributed by atoms with van der Waals surface area (Å²) in [6, 6.07) is 24.5. The molecule has 0 spiro atoms. The molecule has 0 aromatic heterocycles. The fourth-order valence-electron chi connectivity index (χ4n) is 4.98. The second-order valence-corrected chi connectivity index (χ2v) is 11.2. The Balaban J connectivity index is 1.33. The van der Waals surface area contributed by atoms with Gasteiger partial charge in [-0.25, -0.2) is 4.79 Å². The molecule has 4 N–H and O–H groups in total. The number of thioether (sulfide) groups is 1. The van der Waals surface area contributed by atoms with Crippen LogP contribution >= 0.6 is 11.8 Å². The molecule has 3 aromatic carbocycles. The van der Waals surface area contributed by atoms with E-state index in [0.717, 1.165) is 21.6 Å². The lowest BCUT2D eigenvalue weighted by atomic mass is 10.1. The summed E-state index contributed by atoms with van der Waals surface area (Å²) in [6.07, 6.45) is -0.656. The quantitative estimate of drug-likeness (QED) is 0.216. The number of aliphatic hydroxyl groups excluding tert-OH is 1. The molecule has 5 atom stereocenters. The van der Waals surface area contributed by atoms with E-state index in [2.05, 4.69) is 16.0 Å². The number of carbonyl (C=O) groups excluding carboxylic acids is 3. The molecule has 1 aliphatic heterocycles. The highest BCUT2D eigenvalue weighted by Crippen LogP contribution is 2.32. The Morgan fingerprint density at radius 3 is 2.37 bits per heavy atom. The second kappa shape index (κ2) is 13.7. The van der Waals surface area contributed by atoms with Crippen LogP contribution in [0.1, 0.15) is 29.2 Å². The van der Waals surface area contributed by atoms with E-state index in [4.69, 9.17) is 9.47 Å². The minimum absolute atomic E-state index is 0.196. The molecule has 2 aliphatic rings. The molecule has 3 aromatic rings. The molecule has 3 amide bonds. The number of fused-ring (bicyclic) bond motifs is 1. The average Bonchev–Trinajstić information content (AvgIpc) is 3.60. The SMILES string of the molecule is O=C(N[C@@H](Cc1ccccc1)C(=O)N[C@@H](Sc1ccccc1)C(=O)N[C@H]1c2ccccc2C[C@H]1O)O[C@H]1CCOC1. The number of benzene rings is 3. The first kappa shape index (κ1) is 28.7. The Labute approximate surface area is 243 Å². The largest absolute Gasteiger partial charge is 0.444 e. The zero-order valence-electron chi connectivity index (χ0n) is 22.4. The van der Waals surface area contributed by atoms with Gasteiger partial charge in [-0.2, -0.15) is 0 Å².